The van der Waals surface area contributed by atoms with E-state index in [2.05, 4.69) is 80.3 Å². The summed E-state index contributed by atoms with van der Waals surface area (Å²) in [6, 6.07) is 22.9. The Labute approximate surface area is 174 Å². The number of fused-ring (bicyclic) bond motifs is 6. The molecular formula is C24H20IrN2-2. The Bertz CT molecular complexity index is 1050. The summed E-state index contributed by atoms with van der Waals surface area (Å²) in [6.07, 6.45) is 2.01. The summed E-state index contributed by atoms with van der Waals surface area (Å²) in [5, 5.41) is 4.89. The zero-order valence-electron chi connectivity index (χ0n) is 15.6. The van der Waals surface area contributed by atoms with Crippen LogP contribution in [0.2, 0.25) is 0 Å². The molecule has 0 saturated carbocycles. The van der Waals surface area contributed by atoms with Crippen molar-refractivity contribution >= 4 is 11.4 Å². The number of hydrogen-bond acceptors (Lipinski definition) is 1. The Kier molecular flexibility index (Phi) is 4.45. The maximum absolute atomic E-state index is 4.89. The Morgan fingerprint density at radius 1 is 0.926 bits per heavy atom. The molecule has 2 heterocycles. The number of aryl methyl sites for hydroxylation is 3. The molecule has 2 aliphatic heterocycles. The van der Waals surface area contributed by atoms with Gasteiger partial charge < -0.3 is 10.2 Å². The molecule has 1 atom stereocenters. The second-order valence-corrected chi connectivity index (χ2v) is 7.19. The first-order valence-corrected chi connectivity index (χ1v) is 9.03. The van der Waals surface area contributed by atoms with Gasteiger partial charge in [0.1, 0.15) is 0 Å². The summed E-state index contributed by atoms with van der Waals surface area (Å²) in [4.78, 5) is 2.38. The molecule has 0 N–H and O–H groups in total. The Hall–Kier alpha value is -2.35. The minimum absolute atomic E-state index is 0. The van der Waals surface area contributed by atoms with Crippen molar-refractivity contribution in [1.82, 2.24) is 0 Å². The molecule has 0 spiro atoms. The van der Waals surface area contributed by atoms with E-state index < -0.39 is 0 Å². The summed E-state index contributed by atoms with van der Waals surface area (Å²) < 4.78 is 0. The van der Waals surface area contributed by atoms with Gasteiger partial charge in [-0.15, -0.1) is 11.1 Å². The van der Waals surface area contributed by atoms with Crippen molar-refractivity contribution < 1.29 is 20.1 Å². The van der Waals surface area contributed by atoms with Crippen LogP contribution in [0.5, 0.6) is 0 Å². The van der Waals surface area contributed by atoms with Gasteiger partial charge in [0, 0.05) is 37.1 Å². The van der Waals surface area contributed by atoms with Gasteiger partial charge in [-0.2, -0.15) is 30.5 Å². The Morgan fingerprint density at radius 2 is 1.70 bits per heavy atom. The fourth-order valence-electron chi connectivity index (χ4n) is 4.24. The zero-order chi connectivity index (χ0) is 17.8. The molecule has 3 aromatic rings. The number of anilines is 1. The van der Waals surface area contributed by atoms with Gasteiger partial charge >= 0.3 is 0 Å². The summed E-state index contributed by atoms with van der Waals surface area (Å²) >= 11 is 0. The van der Waals surface area contributed by atoms with Crippen LogP contribution < -0.4 is 4.90 Å². The summed E-state index contributed by atoms with van der Waals surface area (Å²) in [6.45, 7) is 6.50. The van der Waals surface area contributed by atoms with Crippen LogP contribution in [0.1, 0.15) is 34.0 Å². The van der Waals surface area contributed by atoms with Crippen LogP contribution in [-0.4, -0.2) is 0 Å². The van der Waals surface area contributed by atoms with Crippen LogP contribution in [0.15, 0.2) is 60.8 Å². The van der Waals surface area contributed by atoms with E-state index in [1.807, 2.05) is 12.3 Å². The van der Waals surface area contributed by atoms with Crippen molar-refractivity contribution in [2.45, 2.75) is 26.9 Å². The fraction of sp³-hybridized carbons (Fsp3) is 0.167. The van der Waals surface area contributed by atoms with Crippen molar-refractivity contribution in [3.05, 3.63) is 100.0 Å². The Morgan fingerprint density at radius 3 is 2.48 bits per heavy atom. The third-order valence-corrected chi connectivity index (χ3v) is 5.43. The molecule has 3 aromatic carbocycles. The first kappa shape index (κ1) is 18.0. The van der Waals surface area contributed by atoms with Gasteiger partial charge in [-0.25, -0.2) is 0 Å². The van der Waals surface area contributed by atoms with Crippen LogP contribution in [0.25, 0.3) is 22.1 Å². The van der Waals surface area contributed by atoms with Gasteiger partial charge in [0.05, 0.1) is 0 Å². The first-order chi connectivity index (χ1) is 12.6. The fourth-order valence-corrected chi connectivity index (χ4v) is 4.24. The van der Waals surface area contributed by atoms with E-state index in [0.29, 0.717) is 0 Å². The van der Waals surface area contributed by atoms with E-state index in [9.17, 15) is 0 Å². The van der Waals surface area contributed by atoms with E-state index in [1.165, 1.54) is 44.8 Å². The molecule has 0 bridgehead atoms. The molecule has 0 fully saturated rings. The summed E-state index contributed by atoms with van der Waals surface area (Å²) in [5.74, 6) is 0. The third-order valence-electron chi connectivity index (χ3n) is 5.43. The molecule has 5 rings (SSSR count). The predicted octanol–water partition coefficient (Wildman–Crippen LogP) is 6.28. The van der Waals surface area contributed by atoms with E-state index in [0.717, 1.165) is 5.56 Å². The van der Waals surface area contributed by atoms with Crippen molar-refractivity contribution in [1.29, 1.82) is 0 Å². The average molecular weight is 529 g/mol. The minimum atomic E-state index is -0.0320. The zero-order valence-corrected chi connectivity index (χ0v) is 18.0. The van der Waals surface area contributed by atoms with Gasteiger partial charge in [-0.3, -0.25) is 0 Å². The molecule has 0 aromatic heterocycles. The monoisotopic (exact) mass is 529 g/mol. The van der Waals surface area contributed by atoms with Crippen molar-refractivity contribution in [2.24, 2.45) is 0 Å². The van der Waals surface area contributed by atoms with Gasteiger partial charge in [0.2, 0.25) is 0 Å². The number of hydrogen-bond donors (Lipinski definition) is 0. The number of rotatable bonds is 1. The third kappa shape index (κ3) is 2.65. The standard InChI is InChI=1S/C24H20N2.Ir/c1-15-11-12-21-20(13-15)18-9-4-5-10-19(18)24-25-14-22(26(21)24)23-16(2)7-6-8-17(23)3;/h4-9,11-14,24H,1-3H3;/q-2;. The smallest absolute Gasteiger partial charge is 0.0356 e. The normalized spacial score (nSPS) is 16.5. The predicted molar refractivity (Wildman–Crippen MR) is 108 cm³/mol. The van der Waals surface area contributed by atoms with Crippen molar-refractivity contribution in [2.75, 3.05) is 4.90 Å². The molecule has 1 radical (unpaired) electrons. The maximum Gasteiger partial charge on any atom is 0.0356 e. The number of nitrogens with zero attached hydrogens (tertiary/aromatic N) is 2. The van der Waals surface area contributed by atoms with E-state index >= 15 is 0 Å². The van der Waals surface area contributed by atoms with Gasteiger partial charge in [0.25, 0.3) is 0 Å². The largest absolute Gasteiger partial charge is 0.667 e. The molecule has 1 unspecified atom stereocenters. The molecule has 0 amide bonds. The van der Waals surface area contributed by atoms with Crippen molar-refractivity contribution in [3.63, 3.8) is 0 Å². The molecule has 3 heteroatoms. The van der Waals surface area contributed by atoms with Gasteiger partial charge in [-0.1, -0.05) is 35.9 Å². The SMILES string of the molecule is Cc1ccc2c(c1)-c1ccc[c-]c1C1[N-]C=C(c3c(C)cccc3C)N21.[Ir]. The maximum atomic E-state index is 4.89. The summed E-state index contributed by atoms with van der Waals surface area (Å²) in [7, 11) is 0. The molecule has 0 saturated heterocycles. The van der Waals surface area contributed by atoms with Crippen LogP contribution in [0, 0.1) is 26.8 Å². The number of benzene rings is 3. The second kappa shape index (κ2) is 6.67. The quantitative estimate of drug-likeness (QED) is 0.340. The molecule has 137 valence electrons. The van der Waals surface area contributed by atoms with Gasteiger partial charge in [0.15, 0.2) is 0 Å². The molecule has 2 aliphatic rings. The van der Waals surface area contributed by atoms with Crippen LogP contribution in [0.3, 0.4) is 0 Å². The van der Waals surface area contributed by atoms with E-state index in [1.54, 1.807) is 0 Å². The Balaban J connectivity index is 0.00000180. The molecular weight excluding hydrogens is 508 g/mol. The molecule has 2 nitrogen and oxygen atoms in total. The van der Waals surface area contributed by atoms with E-state index in [4.69, 9.17) is 5.32 Å². The molecule has 27 heavy (non-hydrogen) atoms. The topological polar surface area (TPSA) is 17.3 Å². The van der Waals surface area contributed by atoms with Crippen molar-refractivity contribution in [3.8, 4) is 11.1 Å². The van der Waals surface area contributed by atoms with Crippen LogP contribution in [-0.2, 0) is 20.1 Å². The van der Waals surface area contributed by atoms with Crippen LogP contribution >= 0.6 is 0 Å². The molecule has 0 aliphatic carbocycles. The average Bonchev–Trinajstić information content (AvgIpc) is 3.07. The minimum Gasteiger partial charge on any atom is -0.667 e. The van der Waals surface area contributed by atoms with Gasteiger partial charge in [-0.05, 0) is 49.7 Å². The van der Waals surface area contributed by atoms with Crippen LogP contribution in [0.4, 0.5) is 5.69 Å². The first-order valence-electron chi connectivity index (χ1n) is 9.03. The van der Waals surface area contributed by atoms with E-state index in [-0.39, 0.29) is 26.3 Å². The second-order valence-electron chi connectivity index (χ2n) is 7.19. The summed E-state index contributed by atoms with van der Waals surface area (Å²) in [5.41, 5.74) is 11.2.